The van der Waals surface area contributed by atoms with Gasteiger partial charge in [0.2, 0.25) is 15.9 Å². The minimum atomic E-state index is -3.69. The zero-order chi connectivity index (χ0) is 23.9. The molecule has 1 N–H and O–H groups in total. The molecule has 1 heterocycles. The number of nitrogens with one attached hydrogen (secondary N) is 1. The van der Waals surface area contributed by atoms with E-state index in [1.165, 1.54) is 34.6 Å². The number of carbonyl (C=O) groups is 2. The van der Waals surface area contributed by atoms with Gasteiger partial charge in [0, 0.05) is 33.2 Å². The summed E-state index contributed by atoms with van der Waals surface area (Å²) in [7, 11) is -2.20. The Hall–Kier alpha value is -2.85. The second kappa shape index (κ2) is 11.1. The SMILES string of the molecule is CCN(CC)c1ccc(S(=O)(=O)N(CC)CC)cc1NC(=O)CN(C)C(=O)c1ccco1. The van der Waals surface area contributed by atoms with Gasteiger partial charge in [-0.05, 0) is 44.2 Å². The molecule has 1 aromatic heterocycles. The predicted octanol–water partition coefficient (Wildman–Crippen LogP) is 2.87. The maximum absolute atomic E-state index is 13.0. The second-order valence-electron chi connectivity index (χ2n) is 7.13. The zero-order valence-corrected chi connectivity index (χ0v) is 20.1. The van der Waals surface area contributed by atoms with Crippen molar-refractivity contribution in [3.8, 4) is 0 Å². The van der Waals surface area contributed by atoms with Crippen molar-refractivity contribution in [3.05, 3.63) is 42.4 Å². The summed E-state index contributed by atoms with van der Waals surface area (Å²) in [6.45, 7) is 9.34. The number of likely N-dealkylation sites (N-methyl/N-ethyl adjacent to an activating group) is 1. The van der Waals surface area contributed by atoms with Crippen molar-refractivity contribution in [3.63, 3.8) is 0 Å². The van der Waals surface area contributed by atoms with Gasteiger partial charge in [-0.25, -0.2) is 8.42 Å². The minimum Gasteiger partial charge on any atom is -0.459 e. The van der Waals surface area contributed by atoms with Crippen LogP contribution in [-0.4, -0.2) is 69.2 Å². The Labute approximate surface area is 190 Å². The van der Waals surface area contributed by atoms with E-state index in [-0.39, 0.29) is 17.2 Å². The van der Waals surface area contributed by atoms with Gasteiger partial charge in [-0.3, -0.25) is 9.59 Å². The van der Waals surface area contributed by atoms with Crippen LogP contribution >= 0.6 is 0 Å². The lowest BCUT2D eigenvalue weighted by molar-refractivity contribution is -0.116. The molecular weight excluding hydrogens is 432 g/mol. The van der Waals surface area contributed by atoms with E-state index in [1.54, 1.807) is 32.0 Å². The summed E-state index contributed by atoms with van der Waals surface area (Å²) in [6, 6.07) is 7.86. The van der Waals surface area contributed by atoms with E-state index in [1.807, 2.05) is 18.7 Å². The van der Waals surface area contributed by atoms with Gasteiger partial charge in [-0.1, -0.05) is 13.8 Å². The van der Waals surface area contributed by atoms with Crippen molar-refractivity contribution < 1.29 is 22.4 Å². The number of amides is 2. The van der Waals surface area contributed by atoms with Crippen LogP contribution in [0.4, 0.5) is 11.4 Å². The van der Waals surface area contributed by atoms with Crippen LogP contribution in [0.25, 0.3) is 0 Å². The molecule has 0 fully saturated rings. The smallest absolute Gasteiger partial charge is 0.289 e. The Morgan fingerprint density at radius 3 is 2.19 bits per heavy atom. The average Bonchev–Trinajstić information content (AvgIpc) is 3.30. The molecule has 32 heavy (non-hydrogen) atoms. The van der Waals surface area contributed by atoms with Crippen molar-refractivity contribution in [2.45, 2.75) is 32.6 Å². The number of hydrogen-bond donors (Lipinski definition) is 1. The molecule has 0 saturated heterocycles. The number of sulfonamides is 1. The summed E-state index contributed by atoms with van der Waals surface area (Å²) in [5.74, 6) is -0.735. The fourth-order valence-corrected chi connectivity index (χ4v) is 4.88. The van der Waals surface area contributed by atoms with Crippen molar-refractivity contribution in [2.24, 2.45) is 0 Å². The number of furan rings is 1. The van der Waals surface area contributed by atoms with Gasteiger partial charge in [0.1, 0.15) is 0 Å². The number of anilines is 2. The summed E-state index contributed by atoms with van der Waals surface area (Å²) < 4.78 is 32.4. The Kier molecular flexibility index (Phi) is 8.85. The fourth-order valence-electron chi connectivity index (χ4n) is 3.39. The maximum Gasteiger partial charge on any atom is 0.289 e. The highest BCUT2D eigenvalue weighted by Gasteiger charge is 2.24. The number of carbonyl (C=O) groups excluding carboxylic acids is 2. The van der Waals surface area contributed by atoms with Crippen LogP contribution in [0.5, 0.6) is 0 Å². The summed E-state index contributed by atoms with van der Waals surface area (Å²) in [5, 5.41) is 2.79. The first-order valence-electron chi connectivity index (χ1n) is 10.7. The van der Waals surface area contributed by atoms with E-state index in [0.29, 0.717) is 37.6 Å². The molecule has 1 aromatic carbocycles. The van der Waals surface area contributed by atoms with E-state index >= 15 is 0 Å². The summed E-state index contributed by atoms with van der Waals surface area (Å²) in [6.07, 6.45) is 1.39. The molecular formula is C22H32N4O5S. The summed E-state index contributed by atoms with van der Waals surface area (Å²) in [4.78, 5) is 28.4. The molecule has 10 heteroatoms. The van der Waals surface area contributed by atoms with Crippen LogP contribution in [0, 0.1) is 0 Å². The second-order valence-corrected chi connectivity index (χ2v) is 9.07. The standard InChI is InChI=1S/C22H32N4O5S/c1-6-25(7-2)19-13-12-17(32(29,30)26(8-3)9-4)15-18(19)23-21(27)16-24(5)22(28)20-11-10-14-31-20/h10-15H,6-9,16H2,1-5H3,(H,23,27). The number of rotatable bonds is 11. The normalized spacial score (nSPS) is 11.4. The van der Waals surface area contributed by atoms with Crippen molar-refractivity contribution in [1.29, 1.82) is 0 Å². The first kappa shape index (κ1) is 25.4. The van der Waals surface area contributed by atoms with E-state index in [2.05, 4.69) is 5.32 Å². The lowest BCUT2D eigenvalue weighted by atomic mass is 10.2. The molecule has 0 aliphatic rings. The molecule has 0 saturated carbocycles. The predicted molar refractivity (Wildman–Crippen MR) is 124 cm³/mol. The minimum absolute atomic E-state index is 0.104. The molecule has 9 nitrogen and oxygen atoms in total. The van der Waals surface area contributed by atoms with Gasteiger partial charge in [-0.2, -0.15) is 4.31 Å². The largest absolute Gasteiger partial charge is 0.459 e. The molecule has 0 aliphatic heterocycles. The molecule has 0 aliphatic carbocycles. The van der Waals surface area contributed by atoms with Crippen LogP contribution in [0.15, 0.2) is 45.9 Å². The zero-order valence-electron chi connectivity index (χ0n) is 19.3. The number of hydrogen-bond acceptors (Lipinski definition) is 6. The lowest BCUT2D eigenvalue weighted by Crippen LogP contribution is -2.35. The van der Waals surface area contributed by atoms with Crippen molar-refractivity contribution in [1.82, 2.24) is 9.21 Å². The monoisotopic (exact) mass is 464 g/mol. The van der Waals surface area contributed by atoms with Crippen LogP contribution in [0.1, 0.15) is 38.2 Å². The van der Waals surface area contributed by atoms with E-state index in [0.717, 1.165) is 0 Å². The van der Waals surface area contributed by atoms with Gasteiger partial charge >= 0.3 is 0 Å². The van der Waals surface area contributed by atoms with Crippen LogP contribution in [-0.2, 0) is 14.8 Å². The first-order valence-corrected chi connectivity index (χ1v) is 12.1. The molecule has 0 spiro atoms. The Balaban J connectivity index is 2.34. The Morgan fingerprint density at radius 1 is 1.00 bits per heavy atom. The third kappa shape index (κ3) is 5.68. The van der Waals surface area contributed by atoms with Gasteiger partial charge in [0.05, 0.1) is 29.1 Å². The van der Waals surface area contributed by atoms with Crippen molar-refractivity contribution in [2.75, 3.05) is 50.0 Å². The fraction of sp³-hybridized carbons (Fsp3) is 0.455. The average molecular weight is 465 g/mol. The van der Waals surface area contributed by atoms with Crippen LogP contribution in [0.2, 0.25) is 0 Å². The third-order valence-electron chi connectivity index (χ3n) is 5.15. The molecule has 2 amide bonds. The number of benzene rings is 1. The van der Waals surface area contributed by atoms with E-state index in [9.17, 15) is 18.0 Å². The Bertz CT molecular complexity index is 1010. The van der Waals surface area contributed by atoms with Gasteiger partial charge in [0.15, 0.2) is 5.76 Å². The quantitative estimate of drug-likeness (QED) is 0.549. The summed E-state index contributed by atoms with van der Waals surface area (Å²) >= 11 is 0. The third-order valence-corrected chi connectivity index (χ3v) is 7.19. The number of nitrogens with zero attached hydrogens (tertiary/aromatic N) is 3. The molecule has 0 radical (unpaired) electrons. The van der Waals surface area contributed by atoms with Gasteiger partial charge in [0.25, 0.3) is 5.91 Å². The van der Waals surface area contributed by atoms with Crippen LogP contribution in [0.3, 0.4) is 0 Å². The molecule has 176 valence electrons. The Morgan fingerprint density at radius 2 is 1.66 bits per heavy atom. The summed E-state index contributed by atoms with van der Waals surface area (Å²) in [5.41, 5.74) is 1.09. The first-order chi connectivity index (χ1) is 15.2. The maximum atomic E-state index is 13.0. The molecule has 0 unspecified atom stereocenters. The highest BCUT2D eigenvalue weighted by atomic mass is 32.2. The molecule has 2 rings (SSSR count). The van der Waals surface area contributed by atoms with Gasteiger partial charge < -0.3 is 19.5 Å². The molecule has 0 bridgehead atoms. The highest BCUT2D eigenvalue weighted by molar-refractivity contribution is 7.89. The van der Waals surface area contributed by atoms with Crippen molar-refractivity contribution >= 4 is 33.2 Å². The molecule has 0 atom stereocenters. The van der Waals surface area contributed by atoms with E-state index in [4.69, 9.17) is 4.42 Å². The highest BCUT2D eigenvalue weighted by Crippen LogP contribution is 2.30. The van der Waals surface area contributed by atoms with E-state index < -0.39 is 21.8 Å². The topological polar surface area (TPSA) is 103 Å². The lowest BCUT2D eigenvalue weighted by Gasteiger charge is -2.26. The van der Waals surface area contributed by atoms with Gasteiger partial charge in [-0.15, -0.1) is 0 Å². The molecule has 2 aromatic rings. The van der Waals surface area contributed by atoms with Crippen LogP contribution < -0.4 is 10.2 Å².